The van der Waals surface area contributed by atoms with Crippen LogP contribution in [-0.4, -0.2) is 12.6 Å². The van der Waals surface area contributed by atoms with E-state index in [1.165, 1.54) is 55.2 Å². The molecule has 4 saturated carbocycles. The van der Waals surface area contributed by atoms with Gasteiger partial charge in [-0.2, -0.15) is 0 Å². The second-order valence-corrected chi connectivity index (χ2v) is 9.81. The number of nitrogens with one attached hydrogen (secondary N) is 1. The van der Waals surface area contributed by atoms with Crippen molar-refractivity contribution in [1.82, 2.24) is 5.32 Å². The predicted molar refractivity (Wildman–Crippen MR) is 116 cm³/mol. The van der Waals surface area contributed by atoms with Crippen molar-refractivity contribution in [3.05, 3.63) is 59.2 Å². The van der Waals surface area contributed by atoms with Crippen LogP contribution in [0.1, 0.15) is 55.2 Å². The van der Waals surface area contributed by atoms with Crippen LogP contribution in [-0.2, 0) is 13.2 Å². The van der Waals surface area contributed by atoms with E-state index in [0.29, 0.717) is 12.1 Å². The fourth-order valence-electron chi connectivity index (χ4n) is 6.40. The molecule has 1 N–H and O–H groups in total. The Hall–Kier alpha value is -2.00. The van der Waals surface area contributed by atoms with Gasteiger partial charge in [0.15, 0.2) is 11.5 Å². The molecule has 0 radical (unpaired) electrons. The fourth-order valence-corrected chi connectivity index (χ4v) is 6.40. The summed E-state index contributed by atoms with van der Waals surface area (Å²) in [5.74, 6) is 4.55. The molecule has 2 aromatic rings. The van der Waals surface area contributed by atoms with Gasteiger partial charge in [-0.05, 0) is 86.5 Å². The standard InChI is InChI=1S/C26H33NO2/c1-18-3-5-19(6-4-18)17-29-24-8-7-20(12-25(24)28-2)16-27-26-13-21-9-22(14-26)11-23(10-21)15-26/h3-8,12,21-23,27H,9-11,13-17H2,1-2H3. The van der Waals surface area contributed by atoms with Gasteiger partial charge in [-0.3, -0.25) is 0 Å². The molecule has 4 aliphatic carbocycles. The van der Waals surface area contributed by atoms with Crippen LogP contribution in [0.2, 0.25) is 0 Å². The van der Waals surface area contributed by atoms with Crippen molar-refractivity contribution in [2.45, 2.75) is 64.1 Å². The van der Waals surface area contributed by atoms with Crippen molar-refractivity contribution in [3.8, 4) is 11.5 Å². The van der Waals surface area contributed by atoms with Crippen LogP contribution < -0.4 is 14.8 Å². The zero-order valence-corrected chi connectivity index (χ0v) is 17.7. The number of methoxy groups -OCH3 is 1. The van der Waals surface area contributed by atoms with E-state index in [2.05, 4.69) is 54.7 Å². The maximum absolute atomic E-state index is 6.04. The maximum Gasteiger partial charge on any atom is 0.161 e. The summed E-state index contributed by atoms with van der Waals surface area (Å²) in [6.45, 7) is 3.58. The van der Waals surface area contributed by atoms with E-state index in [4.69, 9.17) is 9.47 Å². The number of benzene rings is 2. The maximum atomic E-state index is 6.04. The lowest BCUT2D eigenvalue weighted by Gasteiger charge is -2.57. The van der Waals surface area contributed by atoms with Gasteiger partial charge in [0.1, 0.15) is 6.61 Å². The zero-order chi connectivity index (χ0) is 19.8. The zero-order valence-electron chi connectivity index (χ0n) is 17.7. The van der Waals surface area contributed by atoms with Crippen molar-refractivity contribution in [2.75, 3.05) is 7.11 Å². The normalized spacial score (nSPS) is 29.8. The highest BCUT2D eigenvalue weighted by atomic mass is 16.5. The summed E-state index contributed by atoms with van der Waals surface area (Å²) in [5.41, 5.74) is 4.11. The van der Waals surface area contributed by atoms with E-state index < -0.39 is 0 Å². The Balaban J connectivity index is 1.23. The van der Waals surface area contributed by atoms with Gasteiger partial charge < -0.3 is 14.8 Å². The van der Waals surface area contributed by atoms with Gasteiger partial charge >= 0.3 is 0 Å². The van der Waals surface area contributed by atoms with Crippen molar-refractivity contribution in [2.24, 2.45) is 17.8 Å². The first-order chi connectivity index (χ1) is 14.1. The first-order valence-corrected chi connectivity index (χ1v) is 11.2. The molecule has 154 valence electrons. The first kappa shape index (κ1) is 19.0. The van der Waals surface area contributed by atoms with E-state index in [1.54, 1.807) is 7.11 Å². The third-order valence-electron chi connectivity index (χ3n) is 7.45. The number of rotatable bonds is 7. The third kappa shape index (κ3) is 4.02. The molecule has 4 aliphatic rings. The summed E-state index contributed by atoms with van der Waals surface area (Å²) in [6, 6.07) is 14.9. The summed E-state index contributed by atoms with van der Waals surface area (Å²) < 4.78 is 11.7. The molecule has 0 heterocycles. The van der Waals surface area contributed by atoms with E-state index >= 15 is 0 Å². The van der Waals surface area contributed by atoms with E-state index in [9.17, 15) is 0 Å². The van der Waals surface area contributed by atoms with Crippen LogP contribution in [0.4, 0.5) is 0 Å². The van der Waals surface area contributed by atoms with Crippen LogP contribution in [0.5, 0.6) is 11.5 Å². The van der Waals surface area contributed by atoms with Crippen LogP contribution in [0.3, 0.4) is 0 Å². The van der Waals surface area contributed by atoms with Crippen LogP contribution in [0, 0.1) is 24.7 Å². The molecular weight excluding hydrogens is 358 g/mol. The lowest BCUT2D eigenvalue weighted by atomic mass is 9.53. The van der Waals surface area contributed by atoms with Gasteiger partial charge in [0.25, 0.3) is 0 Å². The molecule has 3 heteroatoms. The molecule has 0 aromatic heterocycles. The quantitative estimate of drug-likeness (QED) is 0.662. The molecule has 0 unspecified atom stereocenters. The summed E-state index contributed by atoms with van der Waals surface area (Å²) in [4.78, 5) is 0. The average molecular weight is 392 g/mol. The highest BCUT2D eigenvalue weighted by Crippen LogP contribution is 2.55. The van der Waals surface area contributed by atoms with Crippen molar-refractivity contribution >= 4 is 0 Å². The summed E-state index contributed by atoms with van der Waals surface area (Å²) in [6.07, 6.45) is 8.61. The van der Waals surface area contributed by atoms with E-state index in [-0.39, 0.29) is 0 Å². The van der Waals surface area contributed by atoms with Gasteiger partial charge in [-0.25, -0.2) is 0 Å². The van der Waals surface area contributed by atoms with Crippen molar-refractivity contribution < 1.29 is 9.47 Å². The monoisotopic (exact) mass is 391 g/mol. The minimum absolute atomic E-state index is 0.391. The highest BCUT2D eigenvalue weighted by Gasteiger charge is 2.50. The highest BCUT2D eigenvalue weighted by molar-refractivity contribution is 5.43. The minimum atomic E-state index is 0.391. The third-order valence-corrected chi connectivity index (χ3v) is 7.45. The number of hydrogen-bond acceptors (Lipinski definition) is 3. The van der Waals surface area contributed by atoms with Gasteiger partial charge in [0.2, 0.25) is 0 Å². The molecule has 0 atom stereocenters. The molecule has 0 aliphatic heterocycles. The Morgan fingerprint density at radius 1 is 0.862 bits per heavy atom. The molecule has 4 bridgehead atoms. The van der Waals surface area contributed by atoms with E-state index in [1.807, 2.05) is 0 Å². The topological polar surface area (TPSA) is 30.5 Å². The van der Waals surface area contributed by atoms with Crippen molar-refractivity contribution in [3.63, 3.8) is 0 Å². The minimum Gasteiger partial charge on any atom is -0.493 e. The second-order valence-electron chi connectivity index (χ2n) is 9.81. The Labute approximate surface area is 174 Å². The molecule has 2 aromatic carbocycles. The average Bonchev–Trinajstić information content (AvgIpc) is 2.71. The molecular formula is C26H33NO2. The van der Waals surface area contributed by atoms with Gasteiger partial charge in [-0.1, -0.05) is 35.9 Å². The second kappa shape index (κ2) is 7.68. The molecule has 6 rings (SSSR count). The lowest BCUT2D eigenvalue weighted by molar-refractivity contribution is -0.0206. The molecule has 0 spiro atoms. The van der Waals surface area contributed by atoms with Crippen molar-refractivity contribution in [1.29, 1.82) is 0 Å². The van der Waals surface area contributed by atoms with Crippen LogP contribution >= 0.6 is 0 Å². The van der Waals surface area contributed by atoms with Gasteiger partial charge in [0, 0.05) is 12.1 Å². The number of ether oxygens (including phenoxy) is 2. The van der Waals surface area contributed by atoms with Crippen LogP contribution in [0.25, 0.3) is 0 Å². The molecule has 4 fully saturated rings. The smallest absolute Gasteiger partial charge is 0.161 e. The Morgan fingerprint density at radius 2 is 1.48 bits per heavy atom. The van der Waals surface area contributed by atoms with Crippen LogP contribution in [0.15, 0.2) is 42.5 Å². The Bertz CT molecular complexity index is 822. The van der Waals surface area contributed by atoms with Gasteiger partial charge in [-0.15, -0.1) is 0 Å². The largest absolute Gasteiger partial charge is 0.493 e. The summed E-state index contributed by atoms with van der Waals surface area (Å²) in [5, 5.41) is 3.98. The number of aryl methyl sites for hydroxylation is 1. The predicted octanol–water partition coefficient (Wildman–Crippen LogP) is 5.64. The van der Waals surface area contributed by atoms with E-state index in [0.717, 1.165) is 35.8 Å². The SMILES string of the molecule is COc1cc(CNC23CC4CC(CC(C4)C2)C3)ccc1OCc1ccc(C)cc1. The lowest BCUT2D eigenvalue weighted by Crippen LogP contribution is -2.58. The number of hydrogen-bond donors (Lipinski definition) is 1. The molecule has 0 saturated heterocycles. The summed E-state index contributed by atoms with van der Waals surface area (Å²) in [7, 11) is 1.73. The molecule has 3 nitrogen and oxygen atoms in total. The Morgan fingerprint density at radius 3 is 2.10 bits per heavy atom. The fraction of sp³-hybridized carbons (Fsp3) is 0.538. The molecule has 29 heavy (non-hydrogen) atoms. The summed E-state index contributed by atoms with van der Waals surface area (Å²) >= 11 is 0. The first-order valence-electron chi connectivity index (χ1n) is 11.2. The molecule has 0 amide bonds. The Kier molecular flexibility index (Phi) is 5.03. The van der Waals surface area contributed by atoms with Gasteiger partial charge in [0.05, 0.1) is 7.11 Å².